The zero-order valence-corrected chi connectivity index (χ0v) is 11.3. The van der Waals surface area contributed by atoms with Gasteiger partial charge in [-0.1, -0.05) is 6.92 Å². The van der Waals surface area contributed by atoms with Gasteiger partial charge in [0, 0.05) is 11.0 Å². The lowest BCUT2D eigenvalue weighted by molar-refractivity contribution is 0.115. The molecule has 0 amide bonds. The summed E-state index contributed by atoms with van der Waals surface area (Å²) in [6.45, 7) is 4.17. The Morgan fingerprint density at radius 2 is 2.35 bits per heavy atom. The van der Waals surface area contributed by atoms with Crippen molar-refractivity contribution in [2.45, 2.75) is 19.4 Å². The van der Waals surface area contributed by atoms with Crippen molar-refractivity contribution in [1.82, 2.24) is 5.32 Å². The monoisotopic (exact) mass is 294 g/mol. The Kier molecular flexibility index (Phi) is 4.03. The average Bonchev–Trinajstić information content (AvgIpc) is 2.32. The van der Waals surface area contributed by atoms with E-state index in [2.05, 4.69) is 34.2 Å². The molecule has 1 N–H and O–H groups in total. The fraction of sp³-hybridized carbons (Fsp3) is 0.462. The number of hydrogen-bond donors (Lipinski definition) is 1. The Morgan fingerprint density at radius 3 is 3.00 bits per heavy atom. The van der Waals surface area contributed by atoms with Gasteiger partial charge in [0.15, 0.2) is 0 Å². The third-order valence-corrected chi connectivity index (χ3v) is 3.76. The Balaban J connectivity index is 2.08. The smallest absolute Gasteiger partial charge is 0.121 e. The van der Waals surface area contributed by atoms with E-state index in [1.165, 1.54) is 0 Å². The van der Waals surface area contributed by atoms with Gasteiger partial charge in [0.2, 0.25) is 0 Å². The van der Waals surface area contributed by atoms with Gasteiger partial charge >= 0.3 is 0 Å². The van der Waals surface area contributed by atoms with Crippen LogP contribution in [0.4, 0.5) is 0 Å². The van der Waals surface area contributed by atoms with Gasteiger partial charge in [0.05, 0.1) is 5.56 Å². The van der Waals surface area contributed by atoms with E-state index >= 15 is 0 Å². The van der Waals surface area contributed by atoms with Gasteiger partial charge in [-0.15, -0.1) is 0 Å². The zero-order valence-electron chi connectivity index (χ0n) is 9.74. The maximum Gasteiger partial charge on any atom is 0.121 e. The van der Waals surface area contributed by atoms with Crippen molar-refractivity contribution < 1.29 is 4.74 Å². The fourth-order valence-corrected chi connectivity index (χ4v) is 2.40. The third-order valence-electron chi connectivity index (χ3n) is 3.11. The average molecular weight is 295 g/mol. The Morgan fingerprint density at radius 1 is 1.53 bits per heavy atom. The molecule has 0 bridgehead atoms. The molecule has 0 aromatic heterocycles. The minimum Gasteiger partial charge on any atom is -0.489 e. The van der Waals surface area contributed by atoms with Gasteiger partial charge in [0.25, 0.3) is 0 Å². The minimum absolute atomic E-state index is 0.212. The number of hydrogen-bond acceptors (Lipinski definition) is 3. The van der Waals surface area contributed by atoms with E-state index in [9.17, 15) is 0 Å². The molecule has 0 radical (unpaired) electrons. The summed E-state index contributed by atoms with van der Waals surface area (Å²) in [7, 11) is 0. The molecule has 1 aliphatic rings. The molecule has 2 unspecified atom stereocenters. The first kappa shape index (κ1) is 12.4. The molecule has 3 nitrogen and oxygen atoms in total. The number of halogens is 1. The highest BCUT2D eigenvalue weighted by molar-refractivity contribution is 9.10. The van der Waals surface area contributed by atoms with Gasteiger partial charge < -0.3 is 10.1 Å². The number of nitrogens with one attached hydrogen (secondary N) is 1. The number of nitriles is 1. The van der Waals surface area contributed by atoms with Crippen LogP contribution in [-0.4, -0.2) is 19.2 Å². The molecule has 1 aromatic carbocycles. The van der Waals surface area contributed by atoms with Crippen molar-refractivity contribution in [2.75, 3.05) is 13.1 Å². The van der Waals surface area contributed by atoms with Crippen molar-refractivity contribution in [2.24, 2.45) is 5.92 Å². The highest BCUT2D eigenvalue weighted by Gasteiger charge is 2.22. The first-order valence-corrected chi connectivity index (χ1v) is 6.57. The van der Waals surface area contributed by atoms with Crippen LogP contribution in [0.25, 0.3) is 0 Å². The maximum atomic E-state index is 8.84. The standard InChI is InChI=1S/C13H15BrN2O/c1-9-4-5-16-8-13(9)17-11-3-2-10(7-15)12(14)6-11/h2-3,6,9,13,16H,4-5,8H2,1H3. The summed E-state index contributed by atoms with van der Waals surface area (Å²) >= 11 is 3.37. The van der Waals surface area contributed by atoms with E-state index in [0.717, 1.165) is 29.7 Å². The van der Waals surface area contributed by atoms with Crippen LogP contribution in [0.2, 0.25) is 0 Å². The lowest BCUT2D eigenvalue weighted by Gasteiger charge is -2.30. The molecule has 2 atom stereocenters. The van der Waals surface area contributed by atoms with Crippen molar-refractivity contribution in [3.63, 3.8) is 0 Å². The molecule has 2 rings (SSSR count). The number of ether oxygens (including phenoxy) is 1. The van der Waals surface area contributed by atoms with E-state index in [0.29, 0.717) is 11.5 Å². The lowest BCUT2D eigenvalue weighted by atomic mass is 9.97. The Labute approximate surface area is 110 Å². The van der Waals surface area contributed by atoms with E-state index in [1.807, 2.05) is 12.1 Å². The first-order chi connectivity index (χ1) is 8.20. The molecule has 1 saturated heterocycles. The van der Waals surface area contributed by atoms with Crippen LogP contribution in [0.3, 0.4) is 0 Å². The third kappa shape index (κ3) is 2.99. The van der Waals surface area contributed by atoms with Crippen LogP contribution in [-0.2, 0) is 0 Å². The minimum atomic E-state index is 0.212. The molecular formula is C13H15BrN2O. The lowest BCUT2D eigenvalue weighted by Crippen LogP contribution is -2.42. The first-order valence-electron chi connectivity index (χ1n) is 5.77. The second kappa shape index (κ2) is 5.52. The normalized spacial score (nSPS) is 24.1. The van der Waals surface area contributed by atoms with Crippen molar-refractivity contribution in [1.29, 1.82) is 5.26 Å². The molecule has 17 heavy (non-hydrogen) atoms. The molecule has 0 aliphatic carbocycles. The Hall–Kier alpha value is -1.05. The van der Waals surface area contributed by atoms with E-state index < -0.39 is 0 Å². The summed E-state index contributed by atoms with van der Waals surface area (Å²) in [5, 5.41) is 12.2. The number of rotatable bonds is 2. The van der Waals surface area contributed by atoms with Crippen LogP contribution < -0.4 is 10.1 Å². The molecule has 90 valence electrons. The van der Waals surface area contributed by atoms with Gasteiger partial charge in [0.1, 0.15) is 17.9 Å². The van der Waals surface area contributed by atoms with Crippen LogP contribution in [0.15, 0.2) is 22.7 Å². The molecule has 1 aromatic rings. The Bertz CT molecular complexity index is 442. The quantitative estimate of drug-likeness (QED) is 0.912. The highest BCUT2D eigenvalue weighted by atomic mass is 79.9. The summed E-state index contributed by atoms with van der Waals surface area (Å²) in [5.41, 5.74) is 0.632. The summed E-state index contributed by atoms with van der Waals surface area (Å²) in [5.74, 6) is 1.38. The molecule has 1 aliphatic heterocycles. The second-order valence-corrected chi connectivity index (χ2v) is 5.23. The van der Waals surface area contributed by atoms with Gasteiger partial charge in [-0.05, 0) is 53.0 Å². The van der Waals surface area contributed by atoms with Crippen molar-refractivity contribution in [3.8, 4) is 11.8 Å². The van der Waals surface area contributed by atoms with Crippen LogP contribution >= 0.6 is 15.9 Å². The van der Waals surface area contributed by atoms with E-state index in [4.69, 9.17) is 10.00 Å². The van der Waals surface area contributed by atoms with Crippen molar-refractivity contribution >= 4 is 15.9 Å². The number of benzene rings is 1. The van der Waals surface area contributed by atoms with E-state index in [1.54, 1.807) is 6.07 Å². The fourth-order valence-electron chi connectivity index (χ4n) is 1.95. The predicted octanol–water partition coefficient (Wildman–Crippen LogP) is 2.70. The topological polar surface area (TPSA) is 45.0 Å². The summed E-state index contributed by atoms with van der Waals surface area (Å²) in [6, 6.07) is 7.61. The molecule has 4 heteroatoms. The van der Waals surface area contributed by atoms with Gasteiger partial charge in [-0.2, -0.15) is 5.26 Å². The summed E-state index contributed by atoms with van der Waals surface area (Å²) < 4.78 is 6.73. The second-order valence-electron chi connectivity index (χ2n) is 4.38. The summed E-state index contributed by atoms with van der Waals surface area (Å²) in [4.78, 5) is 0. The van der Waals surface area contributed by atoms with Crippen molar-refractivity contribution in [3.05, 3.63) is 28.2 Å². The van der Waals surface area contributed by atoms with Crippen LogP contribution in [0.1, 0.15) is 18.9 Å². The molecule has 0 saturated carbocycles. The highest BCUT2D eigenvalue weighted by Crippen LogP contribution is 2.25. The number of piperidine rings is 1. The SMILES string of the molecule is CC1CCNCC1Oc1ccc(C#N)c(Br)c1. The molecular weight excluding hydrogens is 280 g/mol. The zero-order chi connectivity index (χ0) is 12.3. The van der Waals surface area contributed by atoms with Crippen LogP contribution in [0.5, 0.6) is 5.75 Å². The molecule has 1 fully saturated rings. The molecule has 1 heterocycles. The largest absolute Gasteiger partial charge is 0.489 e. The maximum absolute atomic E-state index is 8.84. The van der Waals surface area contributed by atoms with Gasteiger partial charge in [-0.25, -0.2) is 0 Å². The van der Waals surface area contributed by atoms with Gasteiger partial charge in [-0.3, -0.25) is 0 Å². The summed E-state index contributed by atoms with van der Waals surface area (Å²) in [6.07, 6.45) is 1.35. The van der Waals surface area contributed by atoms with Crippen LogP contribution in [0, 0.1) is 17.2 Å². The van der Waals surface area contributed by atoms with E-state index in [-0.39, 0.29) is 6.10 Å². The predicted molar refractivity (Wildman–Crippen MR) is 69.9 cm³/mol. The number of nitrogens with zero attached hydrogens (tertiary/aromatic N) is 1. The molecule has 0 spiro atoms.